The van der Waals surface area contributed by atoms with Gasteiger partial charge in [0.05, 0.1) is 11.5 Å². The molecule has 8 heteroatoms. The van der Waals surface area contributed by atoms with Gasteiger partial charge in [-0.05, 0) is 35.9 Å². The highest BCUT2D eigenvalue weighted by Gasteiger charge is 2.30. The Kier molecular flexibility index (Phi) is 4.92. The molecule has 1 aromatic carbocycles. The van der Waals surface area contributed by atoms with Crippen molar-refractivity contribution in [3.05, 3.63) is 83.2 Å². The lowest BCUT2D eigenvalue weighted by atomic mass is 9.94. The Morgan fingerprint density at radius 3 is 2.59 bits per heavy atom. The number of benzene rings is 1. The van der Waals surface area contributed by atoms with Crippen LogP contribution in [0.1, 0.15) is 33.0 Å². The van der Waals surface area contributed by atoms with E-state index in [2.05, 4.69) is 20.6 Å². The van der Waals surface area contributed by atoms with Crippen LogP contribution in [0.15, 0.2) is 60.9 Å². The van der Waals surface area contributed by atoms with Gasteiger partial charge < -0.3 is 10.6 Å². The van der Waals surface area contributed by atoms with E-state index >= 15 is 0 Å². The average Bonchev–Trinajstić information content (AvgIpc) is 3.16. The topological polar surface area (TPSA) is 66.9 Å². The molecule has 148 valence electrons. The summed E-state index contributed by atoms with van der Waals surface area (Å²) in [5.41, 5.74) is 1.39. The number of nitrogens with zero attached hydrogens (tertiary/aromatic N) is 2. The van der Waals surface area contributed by atoms with E-state index in [0.29, 0.717) is 30.0 Å². The molecule has 3 heterocycles. The van der Waals surface area contributed by atoms with Crippen LogP contribution in [-0.2, 0) is 12.7 Å². The third kappa shape index (κ3) is 4.06. The second-order valence-electron chi connectivity index (χ2n) is 6.72. The predicted octanol–water partition coefficient (Wildman–Crippen LogP) is 4.50. The number of carbonyl (C=O) groups is 1. The number of hydrogen-bond acceptors (Lipinski definition) is 5. The van der Waals surface area contributed by atoms with Crippen molar-refractivity contribution in [2.45, 2.75) is 18.6 Å². The SMILES string of the molecule is O=C(c1ccc(NCc2ccc(C(F)(F)F)cc2)nc1)C1CNc2ncccc21. The molecular weight excluding hydrogens is 381 g/mol. The molecule has 3 aromatic rings. The summed E-state index contributed by atoms with van der Waals surface area (Å²) in [6, 6.07) is 12.0. The summed E-state index contributed by atoms with van der Waals surface area (Å²) < 4.78 is 37.8. The van der Waals surface area contributed by atoms with Crippen LogP contribution in [0.5, 0.6) is 0 Å². The molecule has 1 aliphatic heterocycles. The summed E-state index contributed by atoms with van der Waals surface area (Å²) in [4.78, 5) is 21.3. The second kappa shape index (κ2) is 7.54. The molecule has 0 spiro atoms. The van der Waals surface area contributed by atoms with Gasteiger partial charge in [0, 0.05) is 36.6 Å². The molecule has 4 rings (SSSR count). The molecule has 2 aromatic heterocycles. The number of pyridine rings is 2. The average molecular weight is 398 g/mol. The van der Waals surface area contributed by atoms with E-state index in [9.17, 15) is 18.0 Å². The highest BCUT2D eigenvalue weighted by Crippen LogP contribution is 2.32. The first kappa shape index (κ1) is 18.9. The first-order chi connectivity index (χ1) is 13.9. The summed E-state index contributed by atoms with van der Waals surface area (Å²) in [5.74, 6) is 0.930. The number of aromatic nitrogens is 2. The minimum Gasteiger partial charge on any atom is -0.369 e. The molecule has 0 saturated heterocycles. The monoisotopic (exact) mass is 398 g/mol. The van der Waals surface area contributed by atoms with Crippen molar-refractivity contribution in [2.75, 3.05) is 17.2 Å². The number of nitrogens with one attached hydrogen (secondary N) is 2. The van der Waals surface area contributed by atoms with Gasteiger partial charge in [-0.1, -0.05) is 18.2 Å². The number of halogens is 3. The van der Waals surface area contributed by atoms with E-state index in [1.807, 2.05) is 6.07 Å². The van der Waals surface area contributed by atoms with Crippen molar-refractivity contribution >= 4 is 17.4 Å². The smallest absolute Gasteiger partial charge is 0.369 e. The zero-order valence-corrected chi connectivity index (χ0v) is 15.2. The third-order valence-corrected chi connectivity index (χ3v) is 4.81. The Balaban J connectivity index is 1.39. The summed E-state index contributed by atoms with van der Waals surface area (Å²) in [7, 11) is 0. The van der Waals surface area contributed by atoms with Crippen LogP contribution >= 0.6 is 0 Å². The lowest BCUT2D eigenvalue weighted by Crippen LogP contribution is -2.15. The fourth-order valence-corrected chi connectivity index (χ4v) is 3.24. The molecule has 1 unspecified atom stereocenters. The molecule has 0 saturated carbocycles. The van der Waals surface area contributed by atoms with Gasteiger partial charge in [-0.25, -0.2) is 9.97 Å². The van der Waals surface area contributed by atoms with Gasteiger partial charge in [0.2, 0.25) is 0 Å². The molecule has 2 N–H and O–H groups in total. The number of anilines is 2. The van der Waals surface area contributed by atoms with Crippen LogP contribution in [0.4, 0.5) is 24.8 Å². The van der Waals surface area contributed by atoms with Crippen molar-refractivity contribution in [2.24, 2.45) is 0 Å². The zero-order valence-electron chi connectivity index (χ0n) is 15.2. The third-order valence-electron chi connectivity index (χ3n) is 4.81. The summed E-state index contributed by atoms with van der Waals surface area (Å²) >= 11 is 0. The van der Waals surface area contributed by atoms with Gasteiger partial charge >= 0.3 is 6.18 Å². The van der Waals surface area contributed by atoms with Gasteiger partial charge in [-0.2, -0.15) is 13.2 Å². The Morgan fingerprint density at radius 1 is 1.10 bits per heavy atom. The first-order valence-corrected chi connectivity index (χ1v) is 9.01. The lowest BCUT2D eigenvalue weighted by molar-refractivity contribution is -0.137. The minimum atomic E-state index is -4.35. The normalized spacial score (nSPS) is 15.5. The Hall–Kier alpha value is -3.42. The number of fused-ring (bicyclic) bond motifs is 1. The van der Waals surface area contributed by atoms with Crippen molar-refractivity contribution in [3.8, 4) is 0 Å². The zero-order chi connectivity index (χ0) is 20.4. The highest BCUT2D eigenvalue weighted by atomic mass is 19.4. The number of ketones is 1. The van der Waals surface area contributed by atoms with E-state index in [-0.39, 0.29) is 11.7 Å². The Morgan fingerprint density at radius 2 is 1.90 bits per heavy atom. The molecule has 5 nitrogen and oxygen atoms in total. The van der Waals surface area contributed by atoms with Crippen molar-refractivity contribution < 1.29 is 18.0 Å². The number of carbonyl (C=O) groups excluding carboxylic acids is 1. The second-order valence-corrected chi connectivity index (χ2v) is 6.72. The minimum absolute atomic E-state index is 0.0361. The van der Waals surface area contributed by atoms with E-state index in [1.165, 1.54) is 18.3 Å². The fourth-order valence-electron chi connectivity index (χ4n) is 3.24. The molecule has 1 atom stereocenters. The molecular formula is C21H17F3N4O. The van der Waals surface area contributed by atoms with Gasteiger partial charge in [0.1, 0.15) is 11.6 Å². The maximum Gasteiger partial charge on any atom is 0.416 e. The standard InChI is InChI=1S/C21H17F3N4O/c22-21(23,24)15-6-3-13(4-7-15)10-26-18-8-5-14(11-27-18)19(29)17-12-28-20-16(17)2-1-9-25-20/h1-9,11,17H,10,12H2,(H,25,28)(H,26,27). The molecule has 0 aliphatic carbocycles. The van der Waals surface area contributed by atoms with Crippen LogP contribution in [0, 0.1) is 0 Å². The van der Waals surface area contributed by atoms with Crippen LogP contribution in [0.2, 0.25) is 0 Å². The fraction of sp³-hybridized carbons (Fsp3) is 0.190. The number of rotatable bonds is 5. The maximum atomic E-state index is 12.8. The van der Waals surface area contributed by atoms with Crippen LogP contribution in [0.25, 0.3) is 0 Å². The van der Waals surface area contributed by atoms with Gasteiger partial charge in [-0.15, -0.1) is 0 Å². The molecule has 29 heavy (non-hydrogen) atoms. The van der Waals surface area contributed by atoms with E-state index in [0.717, 1.165) is 23.5 Å². The summed E-state index contributed by atoms with van der Waals surface area (Å²) in [5, 5.41) is 6.17. The molecule has 0 amide bonds. The predicted molar refractivity (Wildman–Crippen MR) is 103 cm³/mol. The van der Waals surface area contributed by atoms with Gasteiger partial charge in [-0.3, -0.25) is 4.79 Å². The van der Waals surface area contributed by atoms with E-state index in [4.69, 9.17) is 0 Å². The van der Waals surface area contributed by atoms with Crippen LogP contribution in [-0.4, -0.2) is 22.3 Å². The molecule has 0 fully saturated rings. The lowest BCUT2D eigenvalue weighted by Gasteiger charge is -2.11. The number of hydrogen-bond donors (Lipinski definition) is 2. The maximum absolute atomic E-state index is 12.8. The largest absolute Gasteiger partial charge is 0.416 e. The summed E-state index contributed by atoms with van der Waals surface area (Å²) in [6.45, 7) is 0.823. The number of alkyl halides is 3. The van der Waals surface area contributed by atoms with E-state index < -0.39 is 11.7 Å². The first-order valence-electron chi connectivity index (χ1n) is 9.01. The van der Waals surface area contributed by atoms with Crippen molar-refractivity contribution in [1.82, 2.24) is 9.97 Å². The molecule has 1 aliphatic rings. The number of Topliss-reactive ketones (excluding diaryl/α,β-unsaturated/α-hetero) is 1. The van der Waals surface area contributed by atoms with E-state index in [1.54, 1.807) is 24.4 Å². The Bertz CT molecular complexity index is 1020. The quantitative estimate of drug-likeness (QED) is 0.620. The van der Waals surface area contributed by atoms with Crippen LogP contribution < -0.4 is 10.6 Å². The molecule has 0 bridgehead atoms. The van der Waals surface area contributed by atoms with Gasteiger partial charge in [0.15, 0.2) is 5.78 Å². The van der Waals surface area contributed by atoms with Crippen LogP contribution in [0.3, 0.4) is 0 Å². The highest BCUT2D eigenvalue weighted by molar-refractivity contribution is 6.02. The molecule has 0 radical (unpaired) electrons. The Labute approximate surface area is 165 Å². The van der Waals surface area contributed by atoms with Crippen molar-refractivity contribution in [3.63, 3.8) is 0 Å². The summed E-state index contributed by atoms with van der Waals surface area (Å²) in [6.07, 6.45) is -1.16. The van der Waals surface area contributed by atoms with Crippen molar-refractivity contribution in [1.29, 1.82) is 0 Å². The van der Waals surface area contributed by atoms with Gasteiger partial charge in [0.25, 0.3) is 0 Å².